The second-order valence-corrected chi connectivity index (χ2v) is 6.55. The molecule has 0 aromatic heterocycles. The fraction of sp³-hybridized carbons (Fsp3) is 0.300. The van der Waals surface area contributed by atoms with Gasteiger partial charge in [-0.25, -0.2) is 9.18 Å². The zero-order valence-corrected chi connectivity index (χ0v) is 15.0. The van der Waals surface area contributed by atoms with E-state index in [0.29, 0.717) is 11.3 Å². The molecule has 0 heterocycles. The van der Waals surface area contributed by atoms with Crippen LogP contribution in [0.1, 0.15) is 37.9 Å². The normalized spacial score (nSPS) is 12.3. The third-order valence-electron chi connectivity index (χ3n) is 4.20. The van der Waals surface area contributed by atoms with E-state index in [1.54, 1.807) is 56.3 Å². The van der Waals surface area contributed by atoms with E-state index in [0.717, 1.165) is 5.56 Å². The standard InChI is InChI=1S/C20H22FNO4/c1-13(14-8-10-15(11-9-14)26-12-18(23)24)22-19(25)20(2,3)16-6-4-5-7-17(16)21/h4-11,13H,12H2,1-3H3,(H,22,25)(H,23,24). The van der Waals surface area contributed by atoms with Gasteiger partial charge in [-0.1, -0.05) is 30.3 Å². The Balaban J connectivity index is 2.06. The van der Waals surface area contributed by atoms with Crippen LogP contribution in [0.25, 0.3) is 0 Å². The predicted octanol–water partition coefficient (Wildman–Crippen LogP) is 3.44. The first-order valence-corrected chi connectivity index (χ1v) is 8.22. The number of ether oxygens (including phenoxy) is 1. The zero-order valence-electron chi connectivity index (χ0n) is 15.0. The molecule has 2 rings (SSSR count). The number of hydrogen-bond acceptors (Lipinski definition) is 3. The van der Waals surface area contributed by atoms with Crippen molar-refractivity contribution in [2.24, 2.45) is 0 Å². The van der Waals surface area contributed by atoms with Crippen molar-refractivity contribution in [3.63, 3.8) is 0 Å². The number of rotatable bonds is 7. The van der Waals surface area contributed by atoms with Gasteiger partial charge in [0.05, 0.1) is 11.5 Å². The molecule has 0 radical (unpaired) electrons. The Labute approximate surface area is 151 Å². The molecule has 2 aromatic carbocycles. The van der Waals surface area contributed by atoms with Crippen LogP contribution < -0.4 is 10.1 Å². The molecule has 0 aliphatic carbocycles. The van der Waals surface area contributed by atoms with Gasteiger partial charge >= 0.3 is 5.97 Å². The Morgan fingerprint density at radius 1 is 1.15 bits per heavy atom. The molecule has 6 heteroatoms. The predicted molar refractivity (Wildman–Crippen MR) is 95.6 cm³/mol. The maximum absolute atomic E-state index is 14.0. The topological polar surface area (TPSA) is 75.6 Å². The summed E-state index contributed by atoms with van der Waals surface area (Å²) in [6.07, 6.45) is 0. The van der Waals surface area contributed by atoms with Crippen LogP contribution in [-0.4, -0.2) is 23.6 Å². The number of hydrogen-bond donors (Lipinski definition) is 2. The Morgan fingerprint density at radius 3 is 2.35 bits per heavy atom. The maximum Gasteiger partial charge on any atom is 0.341 e. The highest BCUT2D eigenvalue weighted by molar-refractivity contribution is 5.87. The lowest BCUT2D eigenvalue weighted by molar-refractivity contribution is -0.139. The molecule has 1 unspecified atom stereocenters. The molecule has 138 valence electrons. The third-order valence-corrected chi connectivity index (χ3v) is 4.20. The summed E-state index contributed by atoms with van der Waals surface area (Å²) in [5.74, 6) is -1.33. The number of nitrogens with one attached hydrogen (secondary N) is 1. The Bertz CT molecular complexity index is 787. The van der Waals surface area contributed by atoms with E-state index in [1.165, 1.54) is 6.07 Å². The molecule has 2 N–H and O–H groups in total. The molecular weight excluding hydrogens is 337 g/mol. The average molecular weight is 359 g/mol. The molecule has 1 atom stereocenters. The molecule has 0 aliphatic heterocycles. The van der Waals surface area contributed by atoms with Crippen molar-refractivity contribution < 1.29 is 23.8 Å². The number of carboxylic acid groups (broad SMARTS) is 1. The summed E-state index contributed by atoms with van der Waals surface area (Å²) < 4.78 is 19.1. The zero-order chi connectivity index (χ0) is 19.3. The lowest BCUT2D eigenvalue weighted by Crippen LogP contribution is -2.41. The van der Waals surface area contributed by atoms with Crippen molar-refractivity contribution in [2.75, 3.05) is 6.61 Å². The van der Waals surface area contributed by atoms with Crippen LogP contribution in [0.2, 0.25) is 0 Å². The van der Waals surface area contributed by atoms with Crippen molar-refractivity contribution in [3.8, 4) is 5.75 Å². The molecule has 0 fully saturated rings. The molecule has 5 nitrogen and oxygen atoms in total. The summed E-state index contributed by atoms with van der Waals surface area (Å²) >= 11 is 0. The van der Waals surface area contributed by atoms with Gasteiger partial charge in [0.25, 0.3) is 0 Å². The van der Waals surface area contributed by atoms with E-state index in [1.807, 2.05) is 6.92 Å². The van der Waals surface area contributed by atoms with Crippen LogP contribution >= 0.6 is 0 Å². The van der Waals surface area contributed by atoms with Crippen molar-refractivity contribution in [1.82, 2.24) is 5.32 Å². The van der Waals surface area contributed by atoms with Gasteiger partial charge in [-0.05, 0) is 44.5 Å². The van der Waals surface area contributed by atoms with E-state index < -0.39 is 23.8 Å². The Kier molecular flexibility index (Phi) is 5.97. The summed E-state index contributed by atoms with van der Waals surface area (Å²) in [7, 11) is 0. The lowest BCUT2D eigenvalue weighted by Gasteiger charge is -2.27. The van der Waals surface area contributed by atoms with Gasteiger partial charge in [-0.15, -0.1) is 0 Å². The minimum absolute atomic E-state index is 0.290. The molecule has 26 heavy (non-hydrogen) atoms. The van der Waals surface area contributed by atoms with Crippen LogP contribution in [0.15, 0.2) is 48.5 Å². The molecular formula is C20H22FNO4. The molecule has 0 spiro atoms. The van der Waals surface area contributed by atoms with Crippen molar-refractivity contribution in [3.05, 3.63) is 65.5 Å². The van der Waals surface area contributed by atoms with Crippen LogP contribution in [0.3, 0.4) is 0 Å². The Hall–Kier alpha value is -2.89. The van der Waals surface area contributed by atoms with Crippen molar-refractivity contribution in [1.29, 1.82) is 0 Å². The molecule has 0 aliphatic rings. The molecule has 1 amide bonds. The summed E-state index contributed by atoms with van der Waals surface area (Å²) in [5.41, 5.74) is 0.136. The fourth-order valence-electron chi connectivity index (χ4n) is 2.55. The lowest BCUT2D eigenvalue weighted by atomic mass is 9.83. The summed E-state index contributed by atoms with van der Waals surface area (Å²) in [6, 6.07) is 12.7. The second-order valence-electron chi connectivity index (χ2n) is 6.55. The van der Waals surface area contributed by atoms with Gasteiger partial charge in [-0.2, -0.15) is 0 Å². The smallest absolute Gasteiger partial charge is 0.341 e. The number of carbonyl (C=O) groups is 2. The quantitative estimate of drug-likeness (QED) is 0.794. The SMILES string of the molecule is CC(NC(=O)C(C)(C)c1ccccc1F)c1ccc(OCC(=O)O)cc1. The van der Waals surface area contributed by atoms with Crippen molar-refractivity contribution in [2.45, 2.75) is 32.2 Å². The number of amides is 1. The number of halogens is 1. The van der Waals surface area contributed by atoms with Gasteiger partial charge in [0, 0.05) is 5.56 Å². The van der Waals surface area contributed by atoms with Crippen LogP contribution in [0.4, 0.5) is 4.39 Å². The Morgan fingerprint density at radius 2 is 1.77 bits per heavy atom. The van der Waals surface area contributed by atoms with E-state index in [9.17, 15) is 14.0 Å². The maximum atomic E-state index is 14.0. The first kappa shape index (κ1) is 19.4. The summed E-state index contributed by atoms with van der Waals surface area (Å²) in [5, 5.41) is 11.5. The van der Waals surface area contributed by atoms with Gasteiger partial charge in [0.2, 0.25) is 5.91 Å². The van der Waals surface area contributed by atoms with E-state index >= 15 is 0 Å². The van der Waals surface area contributed by atoms with E-state index in [2.05, 4.69) is 5.32 Å². The van der Waals surface area contributed by atoms with Gasteiger partial charge < -0.3 is 15.2 Å². The molecule has 2 aromatic rings. The number of carbonyl (C=O) groups excluding carboxylic acids is 1. The fourth-order valence-corrected chi connectivity index (χ4v) is 2.55. The van der Waals surface area contributed by atoms with Crippen molar-refractivity contribution >= 4 is 11.9 Å². The monoisotopic (exact) mass is 359 g/mol. The minimum atomic E-state index is -1.05. The highest BCUT2D eigenvalue weighted by Gasteiger charge is 2.33. The number of benzene rings is 2. The van der Waals surface area contributed by atoms with Gasteiger partial charge in [0.15, 0.2) is 6.61 Å². The first-order chi connectivity index (χ1) is 12.2. The van der Waals surface area contributed by atoms with E-state index in [4.69, 9.17) is 9.84 Å². The first-order valence-electron chi connectivity index (χ1n) is 8.22. The van der Waals surface area contributed by atoms with Gasteiger partial charge in [0.1, 0.15) is 11.6 Å². The van der Waals surface area contributed by atoms with Crippen LogP contribution in [0.5, 0.6) is 5.75 Å². The largest absolute Gasteiger partial charge is 0.482 e. The number of aliphatic carboxylic acids is 1. The molecule has 0 saturated carbocycles. The van der Waals surface area contributed by atoms with Crippen LogP contribution in [-0.2, 0) is 15.0 Å². The third kappa shape index (κ3) is 4.59. The van der Waals surface area contributed by atoms with Gasteiger partial charge in [-0.3, -0.25) is 4.79 Å². The minimum Gasteiger partial charge on any atom is -0.482 e. The van der Waals surface area contributed by atoms with Crippen LogP contribution in [0, 0.1) is 5.82 Å². The second kappa shape index (κ2) is 7.99. The summed E-state index contributed by atoms with van der Waals surface area (Å²) in [4.78, 5) is 23.2. The number of carboxylic acids is 1. The average Bonchev–Trinajstić information content (AvgIpc) is 2.60. The highest BCUT2D eigenvalue weighted by Crippen LogP contribution is 2.27. The summed E-state index contributed by atoms with van der Waals surface area (Å²) in [6.45, 7) is 4.76. The molecule has 0 saturated heterocycles. The highest BCUT2D eigenvalue weighted by atomic mass is 19.1. The van der Waals surface area contributed by atoms with E-state index in [-0.39, 0.29) is 11.9 Å². The molecule has 0 bridgehead atoms.